The molecule has 0 bridgehead atoms. The Labute approximate surface area is 132 Å². The molecule has 22 heavy (non-hydrogen) atoms. The molecular formula is C12H15N2O6PS. The number of para-hydroxylation sites is 2. The van der Waals surface area contributed by atoms with E-state index >= 15 is 0 Å². The Kier molecular flexibility index (Phi) is 6.66. The van der Waals surface area contributed by atoms with E-state index in [2.05, 4.69) is 16.4 Å². The highest BCUT2D eigenvalue weighted by molar-refractivity contribution is 7.80. The highest BCUT2D eigenvalue weighted by atomic mass is 32.1. The molecule has 1 aromatic rings. The summed E-state index contributed by atoms with van der Waals surface area (Å²) in [5.74, 6) is -0.362. The minimum atomic E-state index is -4.58. The van der Waals surface area contributed by atoms with Crippen molar-refractivity contribution in [2.45, 2.75) is 0 Å². The molecule has 0 heterocycles. The van der Waals surface area contributed by atoms with Crippen molar-refractivity contribution in [1.82, 2.24) is 5.32 Å². The number of benzene rings is 1. The smallest absolute Gasteiger partial charge is 0.421 e. The molecule has 0 aliphatic carbocycles. The standard InChI is InChI=1S/C12H15N2O6PS/c1-3-11(15)20-10-7-5-4-6-9(10)14(2)12(22)13-8-19-21(16,17)18/h3-7H,1,8H2,2H3,(H,13,22)(H2,16,17,18). The van der Waals surface area contributed by atoms with Crippen molar-refractivity contribution in [3.63, 3.8) is 0 Å². The van der Waals surface area contributed by atoms with Crippen LogP contribution in [0, 0.1) is 0 Å². The van der Waals surface area contributed by atoms with Crippen LogP contribution in [-0.4, -0.2) is 34.6 Å². The van der Waals surface area contributed by atoms with Crippen LogP contribution in [0.2, 0.25) is 0 Å². The zero-order valence-corrected chi connectivity index (χ0v) is 13.3. The predicted octanol–water partition coefficient (Wildman–Crippen LogP) is 1.16. The number of hydrogen-bond donors (Lipinski definition) is 3. The fourth-order valence-corrected chi connectivity index (χ4v) is 1.77. The SMILES string of the molecule is C=CC(=O)Oc1ccccc1N(C)C(=S)NCOP(=O)(O)O. The van der Waals surface area contributed by atoms with Gasteiger partial charge < -0.3 is 24.7 Å². The molecule has 0 amide bonds. The maximum absolute atomic E-state index is 11.3. The quantitative estimate of drug-likeness (QED) is 0.175. The molecule has 0 atom stereocenters. The Bertz CT molecular complexity index is 617. The van der Waals surface area contributed by atoms with E-state index < -0.39 is 20.5 Å². The lowest BCUT2D eigenvalue weighted by Gasteiger charge is -2.23. The molecule has 8 nitrogen and oxygen atoms in total. The fraction of sp³-hybridized carbons (Fsp3) is 0.167. The number of anilines is 1. The van der Waals surface area contributed by atoms with Crippen LogP contribution in [0.3, 0.4) is 0 Å². The first-order valence-corrected chi connectivity index (χ1v) is 7.83. The second-order valence-electron chi connectivity index (χ2n) is 3.90. The molecule has 0 spiro atoms. The van der Waals surface area contributed by atoms with Crippen LogP contribution >= 0.6 is 20.0 Å². The van der Waals surface area contributed by atoms with Crippen molar-refractivity contribution in [1.29, 1.82) is 0 Å². The number of rotatable bonds is 6. The number of nitrogens with zero attached hydrogens (tertiary/aromatic N) is 1. The van der Waals surface area contributed by atoms with E-state index in [0.717, 1.165) is 6.08 Å². The molecule has 3 N–H and O–H groups in total. The molecule has 0 aliphatic heterocycles. The van der Waals surface area contributed by atoms with Gasteiger partial charge in [0.15, 0.2) is 10.9 Å². The molecule has 120 valence electrons. The first-order valence-electron chi connectivity index (χ1n) is 5.89. The number of carbonyl (C=O) groups is 1. The Hall–Kier alpha value is -1.77. The first-order chi connectivity index (χ1) is 10.2. The summed E-state index contributed by atoms with van der Waals surface area (Å²) in [5, 5.41) is 2.64. The summed E-state index contributed by atoms with van der Waals surface area (Å²) in [4.78, 5) is 29.9. The van der Waals surface area contributed by atoms with Crippen molar-refractivity contribution >= 4 is 36.8 Å². The molecule has 0 unspecified atom stereocenters. The zero-order chi connectivity index (χ0) is 16.8. The number of nitrogens with one attached hydrogen (secondary N) is 1. The Balaban J connectivity index is 2.77. The average molecular weight is 346 g/mol. The third-order valence-corrected chi connectivity index (χ3v) is 3.25. The molecule has 1 aromatic carbocycles. The summed E-state index contributed by atoms with van der Waals surface area (Å²) in [7, 11) is -2.99. The van der Waals surface area contributed by atoms with Gasteiger partial charge in [-0.05, 0) is 24.4 Å². The summed E-state index contributed by atoms with van der Waals surface area (Å²) in [5.41, 5.74) is 0.478. The number of thiocarbonyl (C=S) groups is 1. The van der Waals surface area contributed by atoms with Gasteiger partial charge in [0, 0.05) is 13.1 Å². The van der Waals surface area contributed by atoms with E-state index in [1.165, 1.54) is 4.90 Å². The molecule has 0 aromatic heterocycles. The predicted molar refractivity (Wildman–Crippen MR) is 84.4 cm³/mol. The van der Waals surface area contributed by atoms with Gasteiger partial charge in [0.2, 0.25) is 0 Å². The minimum Gasteiger partial charge on any atom is -0.421 e. The zero-order valence-electron chi connectivity index (χ0n) is 11.6. The van der Waals surface area contributed by atoms with Crippen LogP contribution in [0.4, 0.5) is 5.69 Å². The van der Waals surface area contributed by atoms with Crippen LogP contribution in [0.5, 0.6) is 5.75 Å². The van der Waals surface area contributed by atoms with Crippen LogP contribution in [-0.2, 0) is 13.9 Å². The molecule has 0 fully saturated rings. The van der Waals surface area contributed by atoms with Crippen molar-refractivity contribution in [3.8, 4) is 5.75 Å². The van der Waals surface area contributed by atoms with Crippen molar-refractivity contribution in [2.75, 3.05) is 18.7 Å². The average Bonchev–Trinajstić information content (AvgIpc) is 2.45. The van der Waals surface area contributed by atoms with Crippen LogP contribution in [0.25, 0.3) is 0 Å². The largest absolute Gasteiger partial charge is 0.471 e. The maximum Gasteiger partial charge on any atom is 0.471 e. The van der Waals surface area contributed by atoms with Crippen molar-refractivity contribution in [2.24, 2.45) is 0 Å². The number of carbonyl (C=O) groups excluding carboxylic acids is 1. The number of phosphoric ester groups is 1. The Morgan fingerprint density at radius 2 is 2.14 bits per heavy atom. The van der Waals surface area contributed by atoms with Crippen LogP contribution < -0.4 is 15.0 Å². The van der Waals surface area contributed by atoms with Gasteiger partial charge in [-0.25, -0.2) is 9.36 Å². The monoisotopic (exact) mass is 346 g/mol. The summed E-state index contributed by atoms with van der Waals surface area (Å²) in [6.45, 7) is 2.84. The number of phosphoric acid groups is 1. The highest BCUT2D eigenvalue weighted by Gasteiger charge is 2.16. The molecule has 0 saturated heterocycles. The van der Waals surface area contributed by atoms with Gasteiger partial charge in [0.25, 0.3) is 0 Å². The van der Waals surface area contributed by atoms with E-state index in [-0.39, 0.29) is 10.9 Å². The van der Waals surface area contributed by atoms with Gasteiger partial charge >= 0.3 is 13.8 Å². The van der Waals surface area contributed by atoms with E-state index in [4.69, 9.17) is 26.7 Å². The second kappa shape index (κ2) is 8.02. The van der Waals surface area contributed by atoms with Gasteiger partial charge in [-0.3, -0.25) is 4.52 Å². The minimum absolute atomic E-state index is 0.121. The second-order valence-corrected chi connectivity index (χ2v) is 5.52. The summed E-state index contributed by atoms with van der Waals surface area (Å²) >= 11 is 5.07. The van der Waals surface area contributed by atoms with Gasteiger partial charge in [0.05, 0.1) is 5.69 Å². The van der Waals surface area contributed by atoms with E-state index in [1.54, 1.807) is 31.3 Å². The third kappa shape index (κ3) is 5.92. The lowest BCUT2D eigenvalue weighted by atomic mass is 10.3. The molecule has 1 rings (SSSR count). The summed E-state index contributed by atoms with van der Waals surface area (Å²) < 4.78 is 19.9. The Morgan fingerprint density at radius 1 is 1.50 bits per heavy atom. The summed E-state index contributed by atoms with van der Waals surface area (Å²) in [6.07, 6.45) is 1.03. The van der Waals surface area contributed by atoms with Crippen LogP contribution in [0.1, 0.15) is 0 Å². The Morgan fingerprint density at radius 3 is 2.73 bits per heavy atom. The summed E-state index contributed by atoms with van der Waals surface area (Å²) in [6, 6.07) is 6.62. The molecule has 0 aliphatic rings. The number of esters is 1. The number of hydrogen-bond acceptors (Lipinski definition) is 5. The topological polar surface area (TPSA) is 108 Å². The highest BCUT2D eigenvalue weighted by Crippen LogP contribution is 2.35. The first kappa shape index (κ1) is 18.3. The lowest BCUT2D eigenvalue weighted by Crippen LogP contribution is -2.38. The van der Waals surface area contributed by atoms with Gasteiger partial charge in [-0.2, -0.15) is 0 Å². The maximum atomic E-state index is 11.3. The molecular weight excluding hydrogens is 331 g/mol. The van der Waals surface area contributed by atoms with E-state index in [9.17, 15) is 9.36 Å². The fourth-order valence-electron chi connectivity index (χ4n) is 1.38. The van der Waals surface area contributed by atoms with E-state index in [0.29, 0.717) is 5.69 Å². The molecule has 10 heteroatoms. The van der Waals surface area contributed by atoms with Gasteiger partial charge in [0.1, 0.15) is 6.73 Å². The lowest BCUT2D eigenvalue weighted by molar-refractivity contribution is -0.128. The molecule has 0 radical (unpaired) electrons. The van der Waals surface area contributed by atoms with Gasteiger partial charge in [-0.15, -0.1) is 0 Å². The number of ether oxygens (including phenoxy) is 1. The van der Waals surface area contributed by atoms with Crippen molar-refractivity contribution in [3.05, 3.63) is 36.9 Å². The van der Waals surface area contributed by atoms with E-state index in [1.807, 2.05) is 0 Å². The van der Waals surface area contributed by atoms with Crippen molar-refractivity contribution < 1.29 is 28.4 Å². The van der Waals surface area contributed by atoms with Gasteiger partial charge in [-0.1, -0.05) is 18.7 Å². The van der Waals surface area contributed by atoms with Crippen LogP contribution in [0.15, 0.2) is 36.9 Å². The normalized spacial score (nSPS) is 10.7. The third-order valence-electron chi connectivity index (χ3n) is 2.36. The molecule has 0 saturated carbocycles.